The predicted octanol–water partition coefficient (Wildman–Crippen LogP) is -5.29. The van der Waals surface area contributed by atoms with Crippen LogP contribution in [0.3, 0.4) is 0 Å². The summed E-state index contributed by atoms with van der Waals surface area (Å²) in [6, 6.07) is 0. The van der Waals surface area contributed by atoms with E-state index in [2.05, 4.69) is 51.6 Å². The van der Waals surface area contributed by atoms with Gasteiger partial charge in [0.2, 0.25) is 11.8 Å². The molecule has 3 heterocycles. The molecule has 28 heteroatoms. The maximum Gasteiger partial charge on any atom is 1.00 e. The van der Waals surface area contributed by atoms with Crippen molar-refractivity contribution in [3.63, 3.8) is 0 Å². The number of hydrogen-bond donors (Lipinski definition) is 9. The van der Waals surface area contributed by atoms with Crippen LogP contribution in [0.15, 0.2) is 12.7 Å². The van der Waals surface area contributed by atoms with Crippen molar-refractivity contribution in [3.8, 4) is 0 Å². The fourth-order valence-electron chi connectivity index (χ4n) is 4.13. The summed E-state index contributed by atoms with van der Waals surface area (Å²) < 4.78 is 61.4. The Bertz CT molecular complexity index is 1600. The number of aromatic nitrogens is 4. The SMILES string of the molecule is CC(C)(COP(=O)(O)OP(=O)(O)OCC1OC(n2cnc3c(N)ncnc32)C(O)C1OP(=O)([O-])O)C(O)C(=O)NCCC(=O)NCCS.[Na+]. The first kappa shape index (κ1) is 44.1. The number of imidazole rings is 1. The molecule has 1 aliphatic rings. The van der Waals surface area contributed by atoms with E-state index in [1.54, 1.807) is 0 Å². The average Bonchev–Trinajstić information content (AvgIpc) is 3.54. The van der Waals surface area contributed by atoms with E-state index in [-0.39, 0.29) is 65.4 Å². The zero-order chi connectivity index (χ0) is 36.1. The molecule has 0 bridgehead atoms. The van der Waals surface area contributed by atoms with E-state index in [4.69, 9.17) is 15.0 Å². The van der Waals surface area contributed by atoms with Crippen molar-refractivity contribution in [1.29, 1.82) is 0 Å². The van der Waals surface area contributed by atoms with E-state index in [0.717, 1.165) is 17.2 Å². The molecule has 1 fully saturated rings. The normalized spacial score (nSPS) is 23.9. The summed E-state index contributed by atoms with van der Waals surface area (Å²) in [6.45, 7) is 0.673. The van der Waals surface area contributed by atoms with Gasteiger partial charge in [-0.15, -0.1) is 0 Å². The van der Waals surface area contributed by atoms with Crippen molar-refractivity contribution >= 4 is 64.9 Å². The van der Waals surface area contributed by atoms with Crippen LogP contribution in [0, 0.1) is 5.41 Å². The van der Waals surface area contributed by atoms with Gasteiger partial charge in [0.05, 0.1) is 19.5 Å². The Morgan fingerprint density at radius 2 is 1.80 bits per heavy atom. The van der Waals surface area contributed by atoms with Crippen LogP contribution in [0.2, 0.25) is 0 Å². The van der Waals surface area contributed by atoms with Gasteiger partial charge in [0.25, 0.3) is 7.82 Å². The molecule has 0 aliphatic carbocycles. The van der Waals surface area contributed by atoms with Crippen molar-refractivity contribution in [2.45, 2.75) is 50.9 Å². The van der Waals surface area contributed by atoms with Gasteiger partial charge in [-0.25, -0.2) is 24.1 Å². The first-order valence-electron chi connectivity index (χ1n) is 13.6. The molecule has 0 spiro atoms. The summed E-state index contributed by atoms with van der Waals surface area (Å²) in [4.78, 5) is 76.6. The van der Waals surface area contributed by atoms with Gasteiger partial charge in [-0.05, 0) is 0 Å². The van der Waals surface area contributed by atoms with Crippen molar-refractivity contribution in [2.75, 3.05) is 37.8 Å². The van der Waals surface area contributed by atoms with Crippen LogP contribution in [-0.2, 0) is 45.9 Å². The number of amides is 2. The van der Waals surface area contributed by atoms with Gasteiger partial charge in [0.15, 0.2) is 17.7 Å². The Labute approximate surface area is 305 Å². The number of rotatable bonds is 18. The third-order valence-electron chi connectivity index (χ3n) is 6.51. The van der Waals surface area contributed by atoms with Gasteiger partial charge >= 0.3 is 45.2 Å². The predicted molar refractivity (Wildman–Crippen MR) is 161 cm³/mol. The quantitative estimate of drug-likeness (QED) is 0.0387. The largest absolute Gasteiger partial charge is 1.00 e. The maximum atomic E-state index is 12.6. The Morgan fingerprint density at radius 1 is 1.14 bits per heavy atom. The van der Waals surface area contributed by atoms with E-state index in [1.165, 1.54) is 13.8 Å². The smallest absolute Gasteiger partial charge is 0.756 e. The van der Waals surface area contributed by atoms with E-state index in [9.17, 15) is 53.1 Å². The third kappa shape index (κ3) is 12.8. The number of nitrogens with zero attached hydrogens (tertiary/aromatic N) is 4. The fraction of sp³-hybridized carbons (Fsp3) is 0.667. The second-order valence-electron chi connectivity index (χ2n) is 10.8. The number of hydrogen-bond acceptors (Lipinski definition) is 18. The van der Waals surface area contributed by atoms with Crippen LogP contribution >= 0.6 is 36.1 Å². The molecule has 0 radical (unpaired) electrons. The van der Waals surface area contributed by atoms with Gasteiger partial charge in [0.1, 0.15) is 36.3 Å². The summed E-state index contributed by atoms with van der Waals surface area (Å²) in [5, 5.41) is 26.0. The first-order chi connectivity index (χ1) is 22.2. The molecule has 8 atom stereocenters. The van der Waals surface area contributed by atoms with Gasteiger partial charge < -0.3 is 55.4 Å². The number of carbonyl (C=O) groups is 2. The second kappa shape index (κ2) is 18.1. The van der Waals surface area contributed by atoms with Gasteiger partial charge in [0, 0.05) is 30.7 Å². The molecular formula is C21H35N7NaO16P3S. The third-order valence-corrected chi connectivity index (χ3v) is 9.82. The minimum Gasteiger partial charge on any atom is -0.756 e. The molecule has 2 aromatic rings. The first-order valence-corrected chi connectivity index (χ1v) is 18.8. The number of nitrogens with one attached hydrogen (secondary N) is 2. The topological polar surface area (TPSA) is 349 Å². The number of phosphoric acid groups is 3. The summed E-state index contributed by atoms with van der Waals surface area (Å²) in [5.41, 5.74) is 4.26. The summed E-state index contributed by atoms with van der Waals surface area (Å²) in [6.07, 6.45) is -6.94. The number of nitrogens with two attached hydrogens (primary N) is 1. The second-order valence-corrected chi connectivity index (χ2v) is 15.4. The Hall–Kier alpha value is -1.11. The minimum atomic E-state index is -5.56. The molecule has 3 rings (SSSR count). The Balaban J connectivity index is 0.00000833. The molecule has 2 aromatic heterocycles. The van der Waals surface area contributed by atoms with Crippen molar-refractivity contribution in [2.24, 2.45) is 5.41 Å². The van der Waals surface area contributed by atoms with Crippen molar-refractivity contribution in [1.82, 2.24) is 30.2 Å². The van der Waals surface area contributed by atoms with Crippen LogP contribution in [0.1, 0.15) is 26.5 Å². The maximum absolute atomic E-state index is 12.6. The summed E-state index contributed by atoms with van der Waals surface area (Å²) >= 11 is 3.95. The Kier molecular flexibility index (Phi) is 16.3. The number of ether oxygens (including phenoxy) is 1. The monoisotopic (exact) mass is 789 g/mol. The van der Waals surface area contributed by atoms with E-state index in [0.29, 0.717) is 12.3 Å². The molecule has 272 valence electrons. The fourth-order valence-corrected chi connectivity index (χ4v) is 7.06. The van der Waals surface area contributed by atoms with Crippen LogP contribution in [0.25, 0.3) is 11.2 Å². The molecule has 1 aliphatic heterocycles. The number of carbonyl (C=O) groups excluding carboxylic acids is 2. The molecule has 0 saturated carbocycles. The minimum absolute atomic E-state index is 0. The molecule has 49 heavy (non-hydrogen) atoms. The number of nitrogen functional groups attached to an aromatic ring is 1. The molecule has 1 saturated heterocycles. The number of fused-ring (bicyclic) bond motifs is 1. The standard InChI is InChI=1S/C21H36N7O16P3S.Na/c1-21(2,16(31)19(32)24-4-3-12(29)23-5-6-48)8-41-47(38,39)44-46(36,37)40-7-11-15(43-45(33,34)35)14(30)20(42-11)28-10-27-13-17(22)25-9-26-18(13)28;/h9-11,14-16,20,30-31,48H,3-8H2,1-2H3,(H,23,29)(H,24,32)(H,36,37)(H,38,39)(H2,22,25,26)(H2,33,34,35);/q;+1/p-1. The molecule has 9 N–H and O–H groups in total. The average molecular weight is 790 g/mol. The van der Waals surface area contributed by atoms with E-state index >= 15 is 0 Å². The molecule has 2 amide bonds. The zero-order valence-electron chi connectivity index (χ0n) is 26.2. The molecular weight excluding hydrogens is 754 g/mol. The number of aliphatic hydroxyl groups is 2. The molecule has 8 unspecified atom stereocenters. The summed E-state index contributed by atoms with van der Waals surface area (Å²) in [5.74, 6) is -0.963. The molecule has 0 aromatic carbocycles. The van der Waals surface area contributed by atoms with Crippen molar-refractivity contribution < 1.29 is 105 Å². The number of phosphoric ester groups is 3. The van der Waals surface area contributed by atoms with Gasteiger partial charge in [-0.2, -0.15) is 16.9 Å². The van der Waals surface area contributed by atoms with Crippen LogP contribution in [0.4, 0.5) is 5.82 Å². The summed E-state index contributed by atoms with van der Waals surface area (Å²) in [7, 11) is -16.6. The Morgan fingerprint density at radius 3 is 2.43 bits per heavy atom. The van der Waals surface area contributed by atoms with E-state index < -0.39 is 78.6 Å². The van der Waals surface area contributed by atoms with E-state index in [1.807, 2.05) is 0 Å². The van der Waals surface area contributed by atoms with Crippen LogP contribution < -0.4 is 50.8 Å². The number of aliphatic hydroxyl groups excluding tert-OH is 2. The van der Waals surface area contributed by atoms with Crippen molar-refractivity contribution in [3.05, 3.63) is 12.7 Å². The van der Waals surface area contributed by atoms with Gasteiger partial charge in [-0.3, -0.25) is 27.8 Å². The number of thiol groups is 1. The van der Waals surface area contributed by atoms with Crippen LogP contribution in [0.5, 0.6) is 0 Å². The molecule has 23 nitrogen and oxygen atoms in total. The zero-order valence-corrected chi connectivity index (χ0v) is 31.7. The van der Waals surface area contributed by atoms with Crippen LogP contribution in [-0.4, -0.2) is 113 Å². The van der Waals surface area contributed by atoms with Gasteiger partial charge in [-0.1, -0.05) is 13.8 Å². The number of anilines is 1.